The lowest BCUT2D eigenvalue weighted by Gasteiger charge is -2.20. The largest absolute Gasteiger partial charge is 0.301 e. The number of nitrogens with one attached hydrogen (secondary N) is 1. The molecule has 1 amide bonds. The van der Waals surface area contributed by atoms with Crippen LogP contribution in [0.2, 0.25) is 0 Å². The van der Waals surface area contributed by atoms with Crippen LogP contribution in [0, 0.1) is 6.92 Å². The van der Waals surface area contributed by atoms with Gasteiger partial charge in [0.15, 0.2) is 5.13 Å². The average Bonchev–Trinajstić information content (AvgIpc) is 2.85. The Balaban J connectivity index is 2.09. The zero-order valence-corrected chi connectivity index (χ0v) is 11.8. The van der Waals surface area contributed by atoms with Crippen molar-refractivity contribution in [2.24, 2.45) is 0 Å². The van der Waals surface area contributed by atoms with E-state index in [1.165, 1.54) is 15.6 Å². The molecule has 1 fully saturated rings. The van der Waals surface area contributed by atoms with Crippen LogP contribution in [0.4, 0.5) is 5.13 Å². The molecule has 1 aliphatic heterocycles. The van der Waals surface area contributed by atoms with E-state index in [0.717, 1.165) is 11.1 Å². The third kappa shape index (κ3) is 2.88. The third-order valence-electron chi connectivity index (χ3n) is 2.78. The highest BCUT2D eigenvalue weighted by Gasteiger charge is 2.36. The van der Waals surface area contributed by atoms with Gasteiger partial charge in [-0.1, -0.05) is 0 Å². The minimum absolute atomic E-state index is 0.299. The van der Waals surface area contributed by atoms with Crippen LogP contribution < -0.4 is 5.32 Å². The summed E-state index contributed by atoms with van der Waals surface area (Å²) in [6.45, 7) is 2.31. The van der Waals surface area contributed by atoms with Gasteiger partial charge in [0.25, 0.3) is 0 Å². The number of sulfonamides is 1. The summed E-state index contributed by atoms with van der Waals surface area (Å²) in [5, 5.41) is 3.18. The zero-order valence-electron chi connectivity index (χ0n) is 10.2. The molecular formula is C10H15N3O3S2. The number of rotatable bonds is 3. The van der Waals surface area contributed by atoms with Crippen molar-refractivity contribution in [3.63, 3.8) is 0 Å². The molecule has 0 aliphatic carbocycles. The van der Waals surface area contributed by atoms with E-state index in [2.05, 4.69) is 10.3 Å². The molecule has 1 aromatic heterocycles. The third-order valence-corrected chi connectivity index (χ3v) is 4.90. The lowest BCUT2D eigenvalue weighted by molar-refractivity contribution is -0.119. The quantitative estimate of drug-likeness (QED) is 0.893. The lowest BCUT2D eigenvalue weighted by atomic mass is 10.2. The van der Waals surface area contributed by atoms with E-state index in [9.17, 15) is 13.2 Å². The van der Waals surface area contributed by atoms with Crippen molar-refractivity contribution in [3.05, 3.63) is 11.1 Å². The molecule has 1 saturated heterocycles. The molecule has 0 spiro atoms. The van der Waals surface area contributed by atoms with Crippen LogP contribution in [0.15, 0.2) is 6.20 Å². The SMILES string of the molecule is Cc1cnc(NC(=O)C2CCCN2S(C)(=O)=O)s1. The van der Waals surface area contributed by atoms with E-state index in [1.54, 1.807) is 6.20 Å². The molecule has 6 nitrogen and oxygen atoms in total. The highest BCUT2D eigenvalue weighted by molar-refractivity contribution is 7.88. The maximum Gasteiger partial charge on any atom is 0.244 e. The molecule has 0 saturated carbocycles. The summed E-state index contributed by atoms with van der Waals surface area (Å²) in [5.74, 6) is -0.299. The fraction of sp³-hybridized carbons (Fsp3) is 0.600. The Hall–Kier alpha value is -0.990. The van der Waals surface area contributed by atoms with Crippen LogP contribution in [0.5, 0.6) is 0 Å². The van der Waals surface area contributed by atoms with Crippen molar-refractivity contribution >= 4 is 32.4 Å². The number of aromatic nitrogens is 1. The molecule has 2 rings (SSSR count). The van der Waals surface area contributed by atoms with Crippen molar-refractivity contribution in [3.8, 4) is 0 Å². The van der Waals surface area contributed by atoms with Gasteiger partial charge in [0, 0.05) is 17.6 Å². The summed E-state index contributed by atoms with van der Waals surface area (Å²) >= 11 is 1.37. The predicted molar refractivity (Wildman–Crippen MR) is 70.1 cm³/mol. The van der Waals surface area contributed by atoms with Gasteiger partial charge in [-0.2, -0.15) is 4.31 Å². The summed E-state index contributed by atoms with van der Waals surface area (Å²) in [6, 6.07) is -0.607. The average molecular weight is 289 g/mol. The molecule has 1 aliphatic rings. The number of carbonyl (C=O) groups excluding carboxylic acids is 1. The van der Waals surface area contributed by atoms with Gasteiger partial charge in [0.05, 0.1) is 6.26 Å². The van der Waals surface area contributed by atoms with Crippen molar-refractivity contribution in [1.82, 2.24) is 9.29 Å². The number of hydrogen-bond acceptors (Lipinski definition) is 5. The van der Waals surface area contributed by atoms with Crippen molar-refractivity contribution < 1.29 is 13.2 Å². The second kappa shape index (κ2) is 4.94. The molecule has 8 heteroatoms. The van der Waals surface area contributed by atoms with Gasteiger partial charge in [0.1, 0.15) is 6.04 Å². The van der Waals surface area contributed by atoms with Gasteiger partial charge in [0.2, 0.25) is 15.9 Å². The van der Waals surface area contributed by atoms with E-state index < -0.39 is 16.1 Å². The van der Waals surface area contributed by atoms with Gasteiger partial charge in [-0.25, -0.2) is 13.4 Å². The lowest BCUT2D eigenvalue weighted by Crippen LogP contribution is -2.42. The van der Waals surface area contributed by atoms with Crippen LogP contribution in [-0.2, 0) is 14.8 Å². The highest BCUT2D eigenvalue weighted by atomic mass is 32.2. The molecule has 18 heavy (non-hydrogen) atoms. The fourth-order valence-electron chi connectivity index (χ4n) is 2.00. The van der Waals surface area contributed by atoms with Gasteiger partial charge >= 0.3 is 0 Å². The summed E-state index contributed by atoms with van der Waals surface area (Å²) in [6.07, 6.45) is 4.07. The predicted octanol–water partition coefficient (Wildman–Crippen LogP) is 0.814. The first-order valence-electron chi connectivity index (χ1n) is 5.58. The van der Waals surface area contributed by atoms with E-state index in [0.29, 0.717) is 24.5 Å². The Bertz CT molecular complexity index is 552. The first-order valence-corrected chi connectivity index (χ1v) is 8.24. The van der Waals surface area contributed by atoms with Gasteiger partial charge in [-0.15, -0.1) is 11.3 Å². The van der Waals surface area contributed by atoms with Crippen LogP contribution in [-0.4, -0.2) is 42.5 Å². The number of thiazole rings is 1. The monoisotopic (exact) mass is 289 g/mol. The zero-order chi connectivity index (χ0) is 13.3. The van der Waals surface area contributed by atoms with Gasteiger partial charge < -0.3 is 5.32 Å². The van der Waals surface area contributed by atoms with E-state index in [-0.39, 0.29) is 5.91 Å². The van der Waals surface area contributed by atoms with E-state index in [4.69, 9.17) is 0 Å². The van der Waals surface area contributed by atoms with Crippen molar-refractivity contribution in [1.29, 1.82) is 0 Å². The minimum atomic E-state index is -3.33. The van der Waals surface area contributed by atoms with Gasteiger partial charge in [-0.3, -0.25) is 4.79 Å². The Kier molecular flexibility index (Phi) is 3.69. The van der Waals surface area contributed by atoms with Crippen LogP contribution >= 0.6 is 11.3 Å². The molecule has 1 N–H and O–H groups in total. The fourth-order valence-corrected chi connectivity index (χ4v) is 3.79. The standard InChI is InChI=1S/C10H15N3O3S2/c1-7-6-11-10(17-7)12-9(14)8-4-3-5-13(8)18(2,15)16/h6,8H,3-5H2,1-2H3,(H,11,12,14). The van der Waals surface area contributed by atoms with E-state index >= 15 is 0 Å². The Morgan fingerprint density at radius 1 is 1.61 bits per heavy atom. The maximum absolute atomic E-state index is 12.0. The summed E-state index contributed by atoms with van der Waals surface area (Å²) in [5.41, 5.74) is 0. The molecule has 0 bridgehead atoms. The number of nitrogens with zero attached hydrogens (tertiary/aromatic N) is 2. The molecular weight excluding hydrogens is 274 g/mol. The molecule has 1 aromatic rings. The Labute approximate surface area is 110 Å². The number of aryl methyl sites for hydroxylation is 1. The normalized spacial score (nSPS) is 21.1. The number of carbonyl (C=O) groups is 1. The minimum Gasteiger partial charge on any atom is -0.301 e. The van der Waals surface area contributed by atoms with Crippen LogP contribution in [0.25, 0.3) is 0 Å². The first kappa shape index (κ1) is 13.4. The molecule has 2 heterocycles. The number of amides is 1. The summed E-state index contributed by atoms with van der Waals surface area (Å²) < 4.78 is 24.3. The molecule has 0 radical (unpaired) electrons. The molecule has 1 atom stereocenters. The Morgan fingerprint density at radius 2 is 2.33 bits per heavy atom. The first-order chi connectivity index (χ1) is 8.38. The van der Waals surface area contributed by atoms with Gasteiger partial charge in [-0.05, 0) is 19.8 Å². The van der Waals surface area contributed by atoms with Crippen molar-refractivity contribution in [2.75, 3.05) is 18.1 Å². The van der Waals surface area contributed by atoms with E-state index in [1.807, 2.05) is 6.92 Å². The summed E-state index contributed by atoms with van der Waals surface area (Å²) in [7, 11) is -3.33. The second-order valence-electron chi connectivity index (χ2n) is 4.30. The topological polar surface area (TPSA) is 79.4 Å². The Morgan fingerprint density at radius 3 is 2.89 bits per heavy atom. The number of hydrogen-bond donors (Lipinski definition) is 1. The molecule has 0 aromatic carbocycles. The summed E-state index contributed by atoms with van der Waals surface area (Å²) in [4.78, 5) is 17.1. The van der Waals surface area contributed by atoms with Crippen molar-refractivity contribution in [2.45, 2.75) is 25.8 Å². The number of anilines is 1. The highest BCUT2D eigenvalue weighted by Crippen LogP contribution is 2.23. The second-order valence-corrected chi connectivity index (χ2v) is 7.47. The van der Waals surface area contributed by atoms with Crippen LogP contribution in [0.3, 0.4) is 0 Å². The maximum atomic E-state index is 12.0. The van der Waals surface area contributed by atoms with Crippen LogP contribution in [0.1, 0.15) is 17.7 Å². The molecule has 100 valence electrons. The smallest absolute Gasteiger partial charge is 0.244 e. The molecule has 1 unspecified atom stereocenters.